The van der Waals surface area contributed by atoms with E-state index in [1.807, 2.05) is 0 Å². The number of hydrogen-bond acceptors (Lipinski definition) is 5. The van der Waals surface area contributed by atoms with Gasteiger partial charge in [-0.05, 0) is 37.1 Å². The number of rotatable bonds is 3. The second-order valence-electron chi connectivity index (χ2n) is 5.63. The van der Waals surface area contributed by atoms with Gasteiger partial charge in [-0.3, -0.25) is 0 Å². The third-order valence-electron chi connectivity index (χ3n) is 4.03. The van der Waals surface area contributed by atoms with Crippen LogP contribution in [-0.2, 0) is 10.0 Å². The molecule has 3 rings (SSSR count). The molecule has 1 fully saturated rings. The molecule has 3 N–H and O–H groups in total. The molecular formula is C15H18N2O4S. The molecule has 0 amide bonds. The van der Waals surface area contributed by atoms with Crippen LogP contribution in [-0.4, -0.2) is 20.5 Å². The maximum absolute atomic E-state index is 12.5. The first kappa shape index (κ1) is 15.2. The molecule has 0 spiro atoms. The second kappa shape index (κ2) is 5.83. The third kappa shape index (κ3) is 3.06. The molecule has 0 aliphatic heterocycles. The van der Waals surface area contributed by atoms with Crippen molar-refractivity contribution in [2.24, 2.45) is 5.73 Å². The predicted octanol–water partition coefficient (Wildman–Crippen LogP) is 1.34. The van der Waals surface area contributed by atoms with E-state index >= 15 is 0 Å². The highest BCUT2D eigenvalue weighted by Gasteiger charge is 2.27. The summed E-state index contributed by atoms with van der Waals surface area (Å²) in [6, 6.07) is 6.85. The molecule has 2 atom stereocenters. The molecule has 0 bridgehead atoms. The molecule has 0 radical (unpaired) electrons. The summed E-state index contributed by atoms with van der Waals surface area (Å²) in [6.45, 7) is 0. The van der Waals surface area contributed by atoms with Crippen molar-refractivity contribution in [3.8, 4) is 0 Å². The fourth-order valence-corrected chi connectivity index (χ4v) is 4.15. The highest BCUT2D eigenvalue weighted by Crippen LogP contribution is 2.21. The van der Waals surface area contributed by atoms with Crippen molar-refractivity contribution >= 4 is 21.0 Å². The minimum Gasteiger partial charge on any atom is -0.423 e. The van der Waals surface area contributed by atoms with Crippen LogP contribution in [0.15, 0.2) is 44.4 Å². The van der Waals surface area contributed by atoms with Gasteiger partial charge < -0.3 is 10.2 Å². The normalized spacial score (nSPS) is 22.8. The summed E-state index contributed by atoms with van der Waals surface area (Å²) in [4.78, 5) is 11.3. The van der Waals surface area contributed by atoms with Crippen molar-refractivity contribution < 1.29 is 12.8 Å². The molecule has 1 aromatic heterocycles. The zero-order valence-corrected chi connectivity index (χ0v) is 12.8. The maximum atomic E-state index is 12.5. The minimum atomic E-state index is -3.64. The molecule has 7 heteroatoms. The number of nitrogens with two attached hydrogens (primary N) is 1. The Hall–Kier alpha value is -1.70. The number of benzene rings is 1. The van der Waals surface area contributed by atoms with Crippen molar-refractivity contribution in [1.82, 2.24) is 4.72 Å². The summed E-state index contributed by atoms with van der Waals surface area (Å²) in [7, 11) is -3.64. The first-order valence-electron chi connectivity index (χ1n) is 7.27. The van der Waals surface area contributed by atoms with Crippen molar-refractivity contribution in [1.29, 1.82) is 0 Å². The van der Waals surface area contributed by atoms with Crippen molar-refractivity contribution in [3.63, 3.8) is 0 Å². The minimum absolute atomic E-state index is 0.145. The Morgan fingerprint density at radius 1 is 1.14 bits per heavy atom. The highest BCUT2D eigenvalue weighted by molar-refractivity contribution is 7.89. The molecule has 118 valence electrons. The molecule has 1 saturated carbocycles. The zero-order chi connectivity index (χ0) is 15.7. The molecule has 2 aromatic rings. The van der Waals surface area contributed by atoms with Crippen LogP contribution < -0.4 is 16.1 Å². The quantitative estimate of drug-likeness (QED) is 0.830. The van der Waals surface area contributed by atoms with Gasteiger partial charge in [0.05, 0.1) is 4.90 Å². The van der Waals surface area contributed by atoms with Crippen LogP contribution in [0.1, 0.15) is 25.7 Å². The maximum Gasteiger partial charge on any atom is 0.336 e. The first-order valence-corrected chi connectivity index (χ1v) is 8.76. The van der Waals surface area contributed by atoms with E-state index in [1.54, 1.807) is 6.07 Å². The van der Waals surface area contributed by atoms with Crippen LogP contribution in [0.3, 0.4) is 0 Å². The van der Waals surface area contributed by atoms with Crippen LogP contribution in [0.2, 0.25) is 0 Å². The molecule has 6 nitrogen and oxygen atoms in total. The van der Waals surface area contributed by atoms with Crippen LogP contribution >= 0.6 is 0 Å². The Morgan fingerprint density at radius 2 is 1.91 bits per heavy atom. The van der Waals surface area contributed by atoms with Gasteiger partial charge in [0.2, 0.25) is 10.0 Å². The number of hydrogen-bond donors (Lipinski definition) is 2. The van der Waals surface area contributed by atoms with Crippen molar-refractivity contribution in [2.75, 3.05) is 0 Å². The van der Waals surface area contributed by atoms with E-state index in [2.05, 4.69) is 4.72 Å². The topological polar surface area (TPSA) is 102 Å². The van der Waals surface area contributed by atoms with Gasteiger partial charge >= 0.3 is 5.63 Å². The molecule has 1 aromatic carbocycles. The van der Waals surface area contributed by atoms with Gasteiger partial charge in [0.25, 0.3) is 0 Å². The summed E-state index contributed by atoms with van der Waals surface area (Å²) in [6.07, 6.45) is 3.59. The summed E-state index contributed by atoms with van der Waals surface area (Å²) >= 11 is 0. The predicted molar refractivity (Wildman–Crippen MR) is 83.0 cm³/mol. The fraction of sp³-hybridized carbons (Fsp3) is 0.400. The average Bonchev–Trinajstić information content (AvgIpc) is 2.49. The molecular weight excluding hydrogens is 304 g/mol. The average molecular weight is 322 g/mol. The third-order valence-corrected chi connectivity index (χ3v) is 5.51. The first-order chi connectivity index (χ1) is 10.5. The molecule has 1 aliphatic rings. The lowest BCUT2D eigenvalue weighted by Crippen LogP contribution is -2.49. The summed E-state index contributed by atoms with van der Waals surface area (Å²) in [5.41, 5.74) is 5.89. The SMILES string of the molecule is N[C@@H]1CCCC[C@H]1NS(=O)(=O)c1ccc2oc(=O)ccc2c1. The standard InChI is InChI=1S/C15H18N2O4S/c16-12-3-1-2-4-13(12)17-22(19,20)11-6-7-14-10(9-11)5-8-15(18)21-14/h5-9,12-13,17H,1-4,16H2/t12-,13-/m1/s1. The Bertz CT molecular complexity index is 844. The lowest BCUT2D eigenvalue weighted by molar-refractivity contribution is 0.361. The van der Waals surface area contributed by atoms with E-state index in [0.29, 0.717) is 11.0 Å². The largest absolute Gasteiger partial charge is 0.423 e. The number of fused-ring (bicyclic) bond motifs is 1. The van der Waals surface area contributed by atoms with Crippen LogP contribution in [0.4, 0.5) is 0 Å². The van der Waals surface area contributed by atoms with Gasteiger partial charge in [0.1, 0.15) is 5.58 Å². The smallest absolute Gasteiger partial charge is 0.336 e. The van der Waals surface area contributed by atoms with Gasteiger partial charge in [0, 0.05) is 23.5 Å². The number of sulfonamides is 1. The zero-order valence-electron chi connectivity index (χ0n) is 12.0. The summed E-state index contributed by atoms with van der Waals surface area (Å²) < 4.78 is 32.7. The van der Waals surface area contributed by atoms with Gasteiger partial charge in [0.15, 0.2) is 0 Å². The second-order valence-corrected chi connectivity index (χ2v) is 7.34. The van der Waals surface area contributed by atoms with Crippen molar-refractivity contribution in [2.45, 2.75) is 42.7 Å². The van der Waals surface area contributed by atoms with E-state index in [0.717, 1.165) is 25.7 Å². The summed E-state index contributed by atoms with van der Waals surface area (Å²) in [5, 5.41) is 0.565. The van der Waals surface area contributed by atoms with Crippen LogP contribution in [0.25, 0.3) is 11.0 Å². The Balaban J connectivity index is 1.91. The summed E-state index contributed by atoms with van der Waals surface area (Å²) in [5.74, 6) is 0. The van der Waals surface area contributed by atoms with Crippen molar-refractivity contribution in [3.05, 3.63) is 40.8 Å². The van der Waals surface area contributed by atoms with E-state index in [-0.39, 0.29) is 17.0 Å². The highest BCUT2D eigenvalue weighted by atomic mass is 32.2. The lowest BCUT2D eigenvalue weighted by atomic mass is 9.92. The van der Waals surface area contributed by atoms with E-state index < -0.39 is 15.6 Å². The Labute approximate surface area is 128 Å². The van der Waals surface area contributed by atoms with Crippen LogP contribution in [0.5, 0.6) is 0 Å². The van der Waals surface area contributed by atoms with E-state index in [4.69, 9.17) is 10.2 Å². The fourth-order valence-electron chi connectivity index (χ4n) is 2.79. The van der Waals surface area contributed by atoms with Gasteiger partial charge in [-0.25, -0.2) is 17.9 Å². The molecule has 1 heterocycles. The lowest BCUT2D eigenvalue weighted by Gasteiger charge is -2.29. The van der Waals surface area contributed by atoms with Crippen LogP contribution in [0, 0.1) is 0 Å². The molecule has 1 aliphatic carbocycles. The Kier molecular flexibility index (Phi) is 4.03. The monoisotopic (exact) mass is 322 g/mol. The van der Waals surface area contributed by atoms with E-state index in [9.17, 15) is 13.2 Å². The molecule has 22 heavy (non-hydrogen) atoms. The number of nitrogens with one attached hydrogen (secondary N) is 1. The van der Waals surface area contributed by atoms with E-state index in [1.165, 1.54) is 24.3 Å². The molecule has 0 saturated heterocycles. The van der Waals surface area contributed by atoms with Gasteiger partial charge in [-0.2, -0.15) is 0 Å². The molecule has 0 unspecified atom stereocenters. The van der Waals surface area contributed by atoms with Gasteiger partial charge in [-0.15, -0.1) is 0 Å². The van der Waals surface area contributed by atoms with Gasteiger partial charge in [-0.1, -0.05) is 12.8 Å². The Morgan fingerprint density at radius 3 is 2.68 bits per heavy atom.